The third-order valence-electron chi connectivity index (χ3n) is 5.10. The number of amides is 2. The van der Waals surface area contributed by atoms with E-state index in [4.69, 9.17) is 23.2 Å². The largest absolute Gasteiger partial charge is 0.355 e. The fourth-order valence-corrected chi connectivity index (χ4v) is 4.84. The normalized spacial score (nSPS) is 12.2. The van der Waals surface area contributed by atoms with Crippen molar-refractivity contribution in [3.63, 3.8) is 0 Å². The van der Waals surface area contributed by atoms with E-state index >= 15 is 0 Å². The molecular weight excluding hydrogens is 485 g/mol. The van der Waals surface area contributed by atoms with Gasteiger partial charge in [0.15, 0.2) is 0 Å². The van der Waals surface area contributed by atoms with Gasteiger partial charge in [-0.05, 0) is 44.5 Å². The SMILES string of the molecule is CCNC(=O)[C@@H](C)N(Cc1c(Cl)cccc1Cl)C(=O)CCCN(c1ccccc1)S(C)(=O)=O. The van der Waals surface area contributed by atoms with Crippen LogP contribution in [-0.2, 0) is 26.2 Å². The van der Waals surface area contributed by atoms with Crippen molar-refractivity contribution in [1.29, 1.82) is 0 Å². The van der Waals surface area contributed by atoms with Crippen molar-refractivity contribution >= 4 is 50.7 Å². The summed E-state index contributed by atoms with van der Waals surface area (Å²) in [5.41, 5.74) is 1.08. The van der Waals surface area contributed by atoms with Gasteiger partial charge in [-0.15, -0.1) is 0 Å². The smallest absolute Gasteiger partial charge is 0.242 e. The van der Waals surface area contributed by atoms with Crippen LogP contribution in [0.2, 0.25) is 10.0 Å². The van der Waals surface area contributed by atoms with Crippen molar-refractivity contribution in [1.82, 2.24) is 10.2 Å². The van der Waals surface area contributed by atoms with Crippen molar-refractivity contribution in [2.24, 2.45) is 0 Å². The number of rotatable bonds is 11. The molecule has 2 rings (SSSR count). The minimum absolute atomic E-state index is 0.0463. The summed E-state index contributed by atoms with van der Waals surface area (Å²) in [6.45, 7) is 4.05. The molecule has 0 radical (unpaired) electrons. The van der Waals surface area contributed by atoms with Gasteiger partial charge in [-0.1, -0.05) is 47.5 Å². The molecule has 0 aliphatic heterocycles. The fourth-order valence-electron chi connectivity index (χ4n) is 3.36. The first kappa shape index (κ1) is 27.0. The fraction of sp³-hybridized carbons (Fsp3) is 0.391. The van der Waals surface area contributed by atoms with Crippen LogP contribution in [0.3, 0.4) is 0 Å². The van der Waals surface area contributed by atoms with E-state index in [1.165, 1.54) is 9.21 Å². The van der Waals surface area contributed by atoms with Gasteiger partial charge in [0, 0.05) is 41.7 Å². The predicted octanol–water partition coefficient (Wildman–Crippen LogP) is 4.09. The Labute approximate surface area is 205 Å². The molecule has 2 amide bonds. The molecule has 180 valence electrons. The lowest BCUT2D eigenvalue weighted by Gasteiger charge is -2.30. The van der Waals surface area contributed by atoms with Crippen LogP contribution in [0.5, 0.6) is 0 Å². The molecule has 0 aromatic heterocycles. The summed E-state index contributed by atoms with van der Waals surface area (Å²) >= 11 is 12.6. The third kappa shape index (κ3) is 7.62. The highest BCUT2D eigenvalue weighted by Crippen LogP contribution is 2.27. The summed E-state index contributed by atoms with van der Waals surface area (Å²) in [6, 6.07) is 13.0. The Morgan fingerprint density at radius 3 is 2.18 bits per heavy atom. The Morgan fingerprint density at radius 1 is 1.03 bits per heavy atom. The van der Waals surface area contributed by atoms with Crippen molar-refractivity contribution < 1.29 is 18.0 Å². The average Bonchev–Trinajstić information content (AvgIpc) is 2.76. The number of para-hydroxylation sites is 1. The number of nitrogens with zero attached hydrogens (tertiary/aromatic N) is 2. The summed E-state index contributed by atoms with van der Waals surface area (Å²) in [6.07, 6.45) is 1.45. The molecule has 0 unspecified atom stereocenters. The number of benzene rings is 2. The highest BCUT2D eigenvalue weighted by Gasteiger charge is 2.27. The molecule has 0 saturated heterocycles. The van der Waals surface area contributed by atoms with E-state index in [2.05, 4.69) is 5.32 Å². The Bertz CT molecular complexity index is 1040. The lowest BCUT2D eigenvalue weighted by Crippen LogP contribution is -2.47. The van der Waals surface area contributed by atoms with Crippen LogP contribution in [0.4, 0.5) is 5.69 Å². The molecule has 0 saturated carbocycles. The Kier molecular flexibility index (Phi) is 10.0. The quantitative estimate of drug-likeness (QED) is 0.490. The van der Waals surface area contributed by atoms with Gasteiger partial charge < -0.3 is 10.2 Å². The second-order valence-corrected chi connectivity index (χ2v) is 10.3. The van der Waals surface area contributed by atoms with Crippen LogP contribution in [-0.4, -0.2) is 50.5 Å². The number of halogens is 2. The molecule has 2 aromatic rings. The van der Waals surface area contributed by atoms with Crippen molar-refractivity contribution in [2.75, 3.05) is 23.7 Å². The number of anilines is 1. The van der Waals surface area contributed by atoms with Gasteiger partial charge in [0.05, 0.1) is 11.9 Å². The van der Waals surface area contributed by atoms with Gasteiger partial charge in [-0.25, -0.2) is 8.42 Å². The minimum Gasteiger partial charge on any atom is -0.355 e. The van der Waals surface area contributed by atoms with Crippen molar-refractivity contribution in [2.45, 2.75) is 39.3 Å². The summed E-state index contributed by atoms with van der Waals surface area (Å²) in [7, 11) is -3.52. The van der Waals surface area contributed by atoms with E-state index < -0.39 is 16.1 Å². The van der Waals surface area contributed by atoms with Crippen LogP contribution in [0.15, 0.2) is 48.5 Å². The zero-order valence-corrected chi connectivity index (χ0v) is 21.3. The minimum atomic E-state index is -3.52. The molecule has 0 aliphatic carbocycles. The first-order valence-electron chi connectivity index (χ1n) is 10.6. The van der Waals surface area contributed by atoms with Gasteiger partial charge in [0.1, 0.15) is 6.04 Å². The molecular formula is C23H29Cl2N3O4S. The maximum absolute atomic E-state index is 13.2. The highest BCUT2D eigenvalue weighted by atomic mass is 35.5. The summed E-state index contributed by atoms with van der Waals surface area (Å²) in [4.78, 5) is 27.1. The second kappa shape index (κ2) is 12.3. The van der Waals surface area contributed by atoms with Gasteiger partial charge in [0.25, 0.3) is 0 Å². The Morgan fingerprint density at radius 2 is 1.64 bits per heavy atom. The van der Waals surface area contributed by atoms with Crippen molar-refractivity contribution in [3.05, 3.63) is 64.1 Å². The highest BCUT2D eigenvalue weighted by molar-refractivity contribution is 7.92. The monoisotopic (exact) mass is 513 g/mol. The summed E-state index contributed by atoms with van der Waals surface area (Å²) in [5, 5.41) is 3.52. The first-order chi connectivity index (χ1) is 15.6. The molecule has 2 aromatic carbocycles. The maximum Gasteiger partial charge on any atom is 0.242 e. The van der Waals surface area contributed by atoms with E-state index in [1.54, 1.807) is 62.4 Å². The first-order valence-corrected chi connectivity index (χ1v) is 13.2. The Balaban J connectivity index is 2.19. The van der Waals surface area contributed by atoms with Gasteiger partial charge >= 0.3 is 0 Å². The number of hydrogen-bond donors (Lipinski definition) is 1. The molecule has 10 heteroatoms. The summed E-state index contributed by atoms with van der Waals surface area (Å²) in [5.74, 6) is -0.595. The number of nitrogens with one attached hydrogen (secondary N) is 1. The second-order valence-electron chi connectivity index (χ2n) is 7.57. The van der Waals surface area contributed by atoms with E-state index in [0.29, 0.717) is 27.8 Å². The lowest BCUT2D eigenvalue weighted by molar-refractivity contribution is -0.140. The number of hydrogen-bond acceptors (Lipinski definition) is 4. The number of sulfonamides is 1. The van der Waals surface area contributed by atoms with Crippen LogP contribution in [0.25, 0.3) is 0 Å². The molecule has 7 nitrogen and oxygen atoms in total. The van der Waals surface area contributed by atoms with Gasteiger partial charge in [-0.2, -0.15) is 0 Å². The van der Waals surface area contributed by atoms with Gasteiger partial charge in [-0.3, -0.25) is 13.9 Å². The number of carbonyl (C=O) groups excluding carboxylic acids is 2. The summed E-state index contributed by atoms with van der Waals surface area (Å²) < 4.78 is 25.8. The van der Waals surface area contributed by atoms with Crippen LogP contribution < -0.4 is 9.62 Å². The number of carbonyl (C=O) groups is 2. The lowest BCUT2D eigenvalue weighted by atomic mass is 10.1. The molecule has 0 aliphatic rings. The van der Waals surface area contributed by atoms with E-state index in [-0.39, 0.29) is 37.7 Å². The molecule has 0 spiro atoms. The third-order valence-corrected chi connectivity index (χ3v) is 7.01. The van der Waals surface area contributed by atoms with Crippen LogP contribution in [0, 0.1) is 0 Å². The van der Waals surface area contributed by atoms with Crippen LogP contribution >= 0.6 is 23.2 Å². The number of likely N-dealkylation sites (N-methyl/N-ethyl adjacent to an activating group) is 1. The maximum atomic E-state index is 13.2. The molecule has 0 fully saturated rings. The predicted molar refractivity (Wildman–Crippen MR) is 133 cm³/mol. The van der Waals surface area contributed by atoms with E-state index in [9.17, 15) is 18.0 Å². The molecule has 0 heterocycles. The zero-order valence-electron chi connectivity index (χ0n) is 18.9. The van der Waals surface area contributed by atoms with E-state index in [0.717, 1.165) is 6.26 Å². The molecule has 1 N–H and O–H groups in total. The average molecular weight is 514 g/mol. The molecule has 1 atom stereocenters. The van der Waals surface area contributed by atoms with E-state index in [1.807, 2.05) is 0 Å². The molecule has 33 heavy (non-hydrogen) atoms. The topological polar surface area (TPSA) is 86.8 Å². The Hall–Kier alpha value is -2.29. The molecule has 0 bridgehead atoms. The van der Waals surface area contributed by atoms with Crippen molar-refractivity contribution in [3.8, 4) is 0 Å². The van der Waals surface area contributed by atoms with Gasteiger partial charge in [0.2, 0.25) is 21.8 Å². The van der Waals surface area contributed by atoms with Crippen LogP contribution in [0.1, 0.15) is 32.3 Å². The standard InChI is InChI=1S/C23H29Cl2N3O4S/c1-4-26-23(30)17(2)27(16-19-20(24)12-8-13-21(19)25)22(29)14-9-15-28(33(3,31)32)18-10-6-5-7-11-18/h5-8,10-13,17H,4,9,14-16H2,1-3H3,(H,26,30)/t17-/m1/s1. The zero-order chi connectivity index (χ0) is 24.6.